The highest BCUT2D eigenvalue weighted by molar-refractivity contribution is 7.89. The van der Waals surface area contributed by atoms with Gasteiger partial charge in [0.25, 0.3) is 0 Å². The molecule has 0 bridgehead atoms. The van der Waals surface area contributed by atoms with Gasteiger partial charge in [-0.1, -0.05) is 24.6 Å². The Labute approximate surface area is 197 Å². The molecule has 33 heavy (non-hydrogen) atoms. The number of piperidine rings is 1. The van der Waals surface area contributed by atoms with Gasteiger partial charge in [0.1, 0.15) is 5.75 Å². The van der Waals surface area contributed by atoms with Crippen LogP contribution >= 0.6 is 0 Å². The molecule has 1 amide bonds. The number of methoxy groups -OCH3 is 1. The highest BCUT2D eigenvalue weighted by Gasteiger charge is 2.26. The van der Waals surface area contributed by atoms with Gasteiger partial charge in [0.05, 0.1) is 12.0 Å². The molecule has 2 aliphatic rings. The molecule has 178 valence electrons. The first-order valence-corrected chi connectivity index (χ1v) is 13.2. The fraction of sp³-hybridized carbons (Fsp3) is 0.480. The number of piperazine rings is 1. The lowest BCUT2D eigenvalue weighted by Gasteiger charge is -2.36. The molecule has 0 aliphatic carbocycles. The lowest BCUT2D eigenvalue weighted by molar-refractivity contribution is -0.131. The fourth-order valence-electron chi connectivity index (χ4n) is 4.51. The Morgan fingerprint density at radius 1 is 0.909 bits per heavy atom. The van der Waals surface area contributed by atoms with Crippen LogP contribution in [-0.2, 0) is 21.2 Å². The Balaban J connectivity index is 1.27. The van der Waals surface area contributed by atoms with E-state index in [-0.39, 0.29) is 5.91 Å². The number of benzene rings is 2. The number of hydrogen-bond acceptors (Lipinski definition) is 5. The van der Waals surface area contributed by atoms with Gasteiger partial charge < -0.3 is 14.5 Å². The molecule has 4 rings (SSSR count). The van der Waals surface area contributed by atoms with Gasteiger partial charge in [0, 0.05) is 57.4 Å². The normalized spacial score (nSPS) is 17.7. The van der Waals surface area contributed by atoms with E-state index in [2.05, 4.69) is 11.0 Å². The summed E-state index contributed by atoms with van der Waals surface area (Å²) < 4.78 is 32.5. The zero-order valence-electron chi connectivity index (χ0n) is 19.3. The van der Waals surface area contributed by atoms with Gasteiger partial charge >= 0.3 is 0 Å². The standard InChI is InChI=1S/C25H33N3O4S/c1-32-23-7-5-6-22(20-23)26-16-18-27(19-17-26)25(29)13-10-21-8-11-24(12-9-21)33(30,31)28-14-3-2-4-15-28/h5-9,11-12,20H,2-4,10,13-19H2,1H3. The number of carbonyl (C=O) groups is 1. The zero-order chi connectivity index (χ0) is 23.3. The molecule has 2 aromatic carbocycles. The van der Waals surface area contributed by atoms with E-state index in [0.717, 1.165) is 49.4 Å². The predicted molar refractivity (Wildman–Crippen MR) is 129 cm³/mol. The van der Waals surface area contributed by atoms with Crippen LogP contribution in [-0.4, -0.2) is 69.9 Å². The van der Waals surface area contributed by atoms with Crippen molar-refractivity contribution >= 4 is 21.6 Å². The van der Waals surface area contributed by atoms with Crippen molar-refractivity contribution in [1.29, 1.82) is 0 Å². The average Bonchev–Trinajstić information content (AvgIpc) is 2.88. The quantitative estimate of drug-likeness (QED) is 0.621. The van der Waals surface area contributed by atoms with Crippen molar-refractivity contribution in [3.63, 3.8) is 0 Å². The van der Waals surface area contributed by atoms with Gasteiger partial charge in [0.15, 0.2) is 0 Å². The first kappa shape index (κ1) is 23.6. The lowest BCUT2D eigenvalue weighted by Crippen LogP contribution is -2.48. The molecular formula is C25H33N3O4S. The van der Waals surface area contributed by atoms with Crippen molar-refractivity contribution in [3.8, 4) is 5.75 Å². The third-order valence-corrected chi connectivity index (χ3v) is 8.47. The molecule has 2 saturated heterocycles. The average molecular weight is 472 g/mol. The minimum Gasteiger partial charge on any atom is -0.497 e. The minimum absolute atomic E-state index is 0.144. The molecule has 0 radical (unpaired) electrons. The maximum Gasteiger partial charge on any atom is 0.243 e. The molecule has 8 heteroatoms. The van der Waals surface area contributed by atoms with E-state index in [1.807, 2.05) is 35.2 Å². The SMILES string of the molecule is COc1cccc(N2CCN(C(=O)CCc3ccc(S(=O)(=O)N4CCCCC4)cc3)CC2)c1. The molecule has 0 saturated carbocycles. The van der Waals surface area contributed by atoms with E-state index in [0.29, 0.717) is 43.9 Å². The second-order valence-corrected chi connectivity index (χ2v) is 10.6. The van der Waals surface area contributed by atoms with Crippen molar-refractivity contribution < 1.29 is 17.9 Å². The van der Waals surface area contributed by atoms with Crippen LogP contribution < -0.4 is 9.64 Å². The summed E-state index contributed by atoms with van der Waals surface area (Å²) in [5, 5.41) is 0. The number of aryl methyl sites for hydroxylation is 1. The number of ether oxygens (including phenoxy) is 1. The Bertz CT molecular complexity index is 1040. The van der Waals surface area contributed by atoms with Gasteiger partial charge in [-0.25, -0.2) is 8.42 Å². The van der Waals surface area contributed by atoms with E-state index in [1.54, 1.807) is 23.5 Å². The number of amides is 1. The molecule has 0 spiro atoms. The minimum atomic E-state index is -3.41. The first-order valence-electron chi connectivity index (χ1n) is 11.7. The van der Waals surface area contributed by atoms with E-state index >= 15 is 0 Å². The summed E-state index contributed by atoms with van der Waals surface area (Å²) in [5.74, 6) is 0.978. The summed E-state index contributed by atoms with van der Waals surface area (Å²) in [5.41, 5.74) is 2.09. The van der Waals surface area contributed by atoms with Crippen LogP contribution in [0.1, 0.15) is 31.2 Å². The highest BCUT2D eigenvalue weighted by Crippen LogP contribution is 2.23. The van der Waals surface area contributed by atoms with Crippen molar-refractivity contribution in [2.45, 2.75) is 37.0 Å². The number of sulfonamides is 1. The third kappa shape index (κ3) is 5.68. The van der Waals surface area contributed by atoms with E-state index in [1.165, 1.54) is 0 Å². The molecule has 0 N–H and O–H groups in total. The second kappa shape index (κ2) is 10.6. The summed E-state index contributed by atoms with van der Waals surface area (Å²) >= 11 is 0. The summed E-state index contributed by atoms with van der Waals surface area (Å²) in [6.07, 6.45) is 3.98. The van der Waals surface area contributed by atoms with Crippen LogP contribution in [0.4, 0.5) is 5.69 Å². The lowest BCUT2D eigenvalue weighted by atomic mass is 10.1. The van der Waals surface area contributed by atoms with Crippen molar-refractivity contribution in [1.82, 2.24) is 9.21 Å². The van der Waals surface area contributed by atoms with Crippen LogP contribution in [0.5, 0.6) is 5.75 Å². The number of anilines is 1. The Hall–Kier alpha value is -2.58. The van der Waals surface area contributed by atoms with Gasteiger partial charge in [-0.15, -0.1) is 0 Å². The van der Waals surface area contributed by atoms with Crippen LogP contribution in [0.15, 0.2) is 53.4 Å². The maximum absolute atomic E-state index is 12.8. The number of carbonyl (C=O) groups excluding carboxylic acids is 1. The zero-order valence-corrected chi connectivity index (χ0v) is 20.1. The monoisotopic (exact) mass is 471 g/mol. The number of hydrogen-bond donors (Lipinski definition) is 0. The smallest absolute Gasteiger partial charge is 0.243 e. The Morgan fingerprint density at radius 3 is 2.27 bits per heavy atom. The van der Waals surface area contributed by atoms with E-state index < -0.39 is 10.0 Å². The third-order valence-electron chi connectivity index (χ3n) is 6.55. The van der Waals surface area contributed by atoms with Gasteiger partial charge in [0.2, 0.25) is 15.9 Å². The largest absolute Gasteiger partial charge is 0.497 e. The van der Waals surface area contributed by atoms with Gasteiger partial charge in [-0.2, -0.15) is 4.31 Å². The van der Waals surface area contributed by atoms with E-state index in [4.69, 9.17) is 4.74 Å². The first-order chi connectivity index (χ1) is 16.0. The molecule has 2 fully saturated rings. The molecule has 2 aliphatic heterocycles. The van der Waals surface area contributed by atoms with E-state index in [9.17, 15) is 13.2 Å². The number of rotatable bonds is 7. The van der Waals surface area contributed by atoms with Crippen LogP contribution in [0.2, 0.25) is 0 Å². The molecule has 2 aromatic rings. The molecule has 0 aromatic heterocycles. The van der Waals surface area contributed by atoms with Gasteiger partial charge in [-0.3, -0.25) is 4.79 Å². The molecule has 2 heterocycles. The Morgan fingerprint density at radius 2 is 1.61 bits per heavy atom. The molecular weight excluding hydrogens is 438 g/mol. The summed E-state index contributed by atoms with van der Waals surface area (Å²) in [6, 6.07) is 15.0. The van der Waals surface area contributed by atoms with Crippen LogP contribution in [0.3, 0.4) is 0 Å². The second-order valence-electron chi connectivity index (χ2n) is 8.68. The van der Waals surface area contributed by atoms with Crippen LogP contribution in [0, 0.1) is 0 Å². The van der Waals surface area contributed by atoms with Gasteiger partial charge in [-0.05, 0) is 49.1 Å². The summed E-state index contributed by atoms with van der Waals surface area (Å²) in [4.78, 5) is 17.3. The fourth-order valence-corrected chi connectivity index (χ4v) is 6.03. The highest BCUT2D eigenvalue weighted by atomic mass is 32.2. The molecule has 0 unspecified atom stereocenters. The topological polar surface area (TPSA) is 70.2 Å². The van der Waals surface area contributed by atoms with Crippen molar-refractivity contribution in [2.75, 3.05) is 51.3 Å². The summed E-state index contributed by atoms with van der Waals surface area (Å²) in [7, 11) is -1.75. The van der Waals surface area contributed by atoms with Crippen molar-refractivity contribution in [2.24, 2.45) is 0 Å². The number of nitrogens with zero attached hydrogens (tertiary/aromatic N) is 3. The molecule has 7 nitrogen and oxygen atoms in total. The maximum atomic E-state index is 12.8. The molecule has 0 atom stereocenters. The predicted octanol–water partition coefficient (Wildman–Crippen LogP) is 3.15. The summed E-state index contributed by atoms with van der Waals surface area (Å²) in [6.45, 7) is 4.18. The van der Waals surface area contributed by atoms with Crippen LogP contribution in [0.25, 0.3) is 0 Å². The van der Waals surface area contributed by atoms with Crippen molar-refractivity contribution in [3.05, 3.63) is 54.1 Å². The Kier molecular flexibility index (Phi) is 7.55.